The molecule has 0 radical (unpaired) electrons. The number of carbonyl (C=O) groups excluding carboxylic acids is 1. The van der Waals surface area contributed by atoms with Crippen molar-refractivity contribution < 1.29 is 18.3 Å². The highest BCUT2D eigenvalue weighted by Crippen LogP contribution is 2.28. The third-order valence-corrected chi connectivity index (χ3v) is 6.72. The first-order chi connectivity index (χ1) is 11.7. The zero-order valence-electron chi connectivity index (χ0n) is 14.8. The van der Waals surface area contributed by atoms with Gasteiger partial charge in [-0.3, -0.25) is 4.79 Å². The monoisotopic (exact) mass is 364 g/mol. The Morgan fingerprint density at radius 3 is 2.64 bits per heavy atom. The Bertz CT molecular complexity index is 930. The van der Waals surface area contributed by atoms with Crippen LogP contribution in [0.15, 0.2) is 12.1 Å². The lowest BCUT2D eigenvalue weighted by atomic mass is 10.1. The van der Waals surface area contributed by atoms with Crippen molar-refractivity contribution >= 4 is 26.6 Å². The van der Waals surface area contributed by atoms with Gasteiger partial charge in [0.2, 0.25) is 0 Å². The highest BCUT2D eigenvalue weighted by atomic mass is 32.2. The summed E-state index contributed by atoms with van der Waals surface area (Å²) >= 11 is 0. The predicted octanol–water partition coefficient (Wildman–Crippen LogP) is 1.71. The maximum Gasteiger partial charge on any atom is 0.270 e. The number of hydrogen-bond donors (Lipinski definition) is 2. The molecule has 0 bridgehead atoms. The number of H-pyrrole nitrogens is 1. The second-order valence-electron chi connectivity index (χ2n) is 6.91. The summed E-state index contributed by atoms with van der Waals surface area (Å²) in [6.07, 6.45) is 0.422. The smallest absolute Gasteiger partial charge is 0.270 e. The molecular weight excluding hydrogens is 340 g/mol. The number of hydrogen-bond acceptors (Lipinski definition) is 4. The highest BCUT2D eigenvalue weighted by molar-refractivity contribution is 7.91. The fourth-order valence-corrected chi connectivity index (χ4v) is 5.45. The number of carbonyl (C=O) groups is 1. The molecule has 1 aromatic heterocycles. The lowest BCUT2D eigenvalue weighted by Gasteiger charge is -2.27. The van der Waals surface area contributed by atoms with Gasteiger partial charge in [0.1, 0.15) is 5.69 Å². The molecular formula is C18H24N2O4S. The Labute approximate surface area is 147 Å². The Balaban J connectivity index is 2.02. The largest absolute Gasteiger partial charge is 0.395 e. The molecule has 1 aliphatic heterocycles. The number of benzene rings is 1. The topological polar surface area (TPSA) is 90.5 Å². The normalized spacial score (nSPS) is 19.4. The van der Waals surface area contributed by atoms with Crippen molar-refractivity contribution in [1.82, 2.24) is 9.88 Å². The van der Waals surface area contributed by atoms with E-state index in [-0.39, 0.29) is 36.6 Å². The molecule has 0 saturated carbocycles. The van der Waals surface area contributed by atoms with Gasteiger partial charge in [0.15, 0.2) is 9.84 Å². The Kier molecular flexibility index (Phi) is 4.64. The predicted molar refractivity (Wildman–Crippen MR) is 97.7 cm³/mol. The molecule has 3 rings (SSSR count). The number of fused-ring (bicyclic) bond motifs is 1. The number of aromatic nitrogens is 1. The number of amides is 1. The average molecular weight is 364 g/mol. The van der Waals surface area contributed by atoms with Crippen molar-refractivity contribution in [3.05, 3.63) is 34.5 Å². The first-order valence-corrected chi connectivity index (χ1v) is 10.3. The molecule has 25 heavy (non-hydrogen) atoms. The van der Waals surface area contributed by atoms with Gasteiger partial charge in [0, 0.05) is 23.5 Å². The summed E-state index contributed by atoms with van der Waals surface area (Å²) in [7, 11) is -3.11. The fraction of sp³-hybridized carbons (Fsp3) is 0.500. The van der Waals surface area contributed by atoms with Crippen LogP contribution in [-0.2, 0) is 9.84 Å². The van der Waals surface area contributed by atoms with E-state index in [2.05, 4.69) is 11.1 Å². The summed E-state index contributed by atoms with van der Waals surface area (Å²) in [5.41, 5.74) is 4.45. The van der Waals surface area contributed by atoms with E-state index in [1.54, 1.807) is 0 Å². The van der Waals surface area contributed by atoms with Gasteiger partial charge < -0.3 is 15.0 Å². The average Bonchev–Trinajstić information content (AvgIpc) is 3.05. The molecule has 1 amide bonds. The molecule has 1 atom stereocenters. The van der Waals surface area contributed by atoms with Crippen molar-refractivity contribution in [3.63, 3.8) is 0 Å². The van der Waals surface area contributed by atoms with Crippen molar-refractivity contribution in [3.8, 4) is 0 Å². The Hall–Kier alpha value is -1.86. The second kappa shape index (κ2) is 6.46. The van der Waals surface area contributed by atoms with E-state index in [0.717, 1.165) is 27.6 Å². The molecule has 1 fully saturated rings. The molecule has 1 aromatic carbocycles. The first kappa shape index (κ1) is 17.9. The van der Waals surface area contributed by atoms with Crippen LogP contribution < -0.4 is 0 Å². The van der Waals surface area contributed by atoms with E-state index < -0.39 is 9.84 Å². The zero-order chi connectivity index (χ0) is 18.4. The summed E-state index contributed by atoms with van der Waals surface area (Å²) in [6, 6.07) is 3.72. The number of aliphatic hydroxyl groups is 1. The molecule has 2 aromatic rings. The number of aromatic amines is 1. The summed E-state index contributed by atoms with van der Waals surface area (Å²) in [4.78, 5) is 17.8. The lowest BCUT2D eigenvalue weighted by molar-refractivity contribution is 0.0649. The van der Waals surface area contributed by atoms with E-state index in [1.807, 2.05) is 26.8 Å². The third kappa shape index (κ3) is 3.30. The van der Waals surface area contributed by atoms with Gasteiger partial charge in [-0.1, -0.05) is 11.6 Å². The number of nitrogens with one attached hydrogen (secondary N) is 1. The van der Waals surface area contributed by atoms with Gasteiger partial charge >= 0.3 is 0 Å². The maximum atomic E-state index is 13.1. The minimum Gasteiger partial charge on any atom is -0.395 e. The second-order valence-corrected chi connectivity index (χ2v) is 9.14. The summed E-state index contributed by atoms with van der Waals surface area (Å²) in [6.45, 7) is 5.84. The van der Waals surface area contributed by atoms with Crippen LogP contribution >= 0.6 is 0 Å². The van der Waals surface area contributed by atoms with Gasteiger partial charge in [-0.2, -0.15) is 0 Å². The van der Waals surface area contributed by atoms with Crippen LogP contribution in [0.5, 0.6) is 0 Å². The van der Waals surface area contributed by atoms with Crippen molar-refractivity contribution in [1.29, 1.82) is 0 Å². The van der Waals surface area contributed by atoms with Crippen LogP contribution in [0.1, 0.15) is 33.6 Å². The summed E-state index contributed by atoms with van der Waals surface area (Å²) in [5.74, 6) is -0.186. The van der Waals surface area contributed by atoms with E-state index >= 15 is 0 Å². The van der Waals surface area contributed by atoms with Crippen LogP contribution in [0.25, 0.3) is 10.9 Å². The number of aryl methyl sites for hydroxylation is 3. The minimum absolute atomic E-state index is 0.0316. The fourth-order valence-electron chi connectivity index (χ4n) is 3.72. The molecule has 6 nitrogen and oxygen atoms in total. The third-order valence-electron chi connectivity index (χ3n) is 4.97. The summed E-state index contributed by atoms with van der Waals surface area (Å²) in [5, 5.41) is 10.4. The molecule has 1 saturated heterocycles. The van der Waals surface area contributed by atoms with E-state index in [9.17, 15) is 18.3 Å². The van der Waals surface area contributed by atoms with Crippen LogP contribution in [0.2, 0.25) is 0 Å². The SMILES string of the molecule is Cc1cc(C)c2[nH]c(C(=O)N(CCO)C3CCS(=O)(=O)C3)c(C)c2c1. The number of aliphatic hydroxyl groups excluding tert-OH is 1. The quantitative estimate of drug-likeness (QED) is 0.864. The number of rotatable bonds is 4. The van der Waals surface area contributed by atoms with Gasteiger partial charge in [0.05, 0.1) is 18.1 Å². The van der Waals surface area contributed by atoms with Gasteiger partial charge in [0.25, 0.3) is 5.91 Å². The van der Waals surface area contributed by atoms with E-state index in [4.69, 9.17) is 0 Å². The number of nitrogens with zero attached hydrogens (tertiary/aromatic N) is 1. The first-order valence-electron chi connectivity index (χ1n) is 8.45. The highest BCUT2D eigenvalue weighted by Gasteiger charge is 2.35. The summed E-state index contributed by atoms with van der Waals surface area (Å²) < 4.78 is 23.6. The molecule has 0 spiro atoms. The van der Waals surface area contributed by atoms with Crippen molar-refractivity contribution in [2.75, 3.05) is 24.7 Å². The molecule has 1 aliphatic rings. The number of sulfone groups is 1. The van der Waals surface area contributed by atoms with Crippen molar-refractivity contribution in [2.45, 2.75) is 33.2 Å². The van der Waals surface area contributed by atoms with Gasteiger partial charge in [-0.25, -0.2) is 8.42 Å². The molecule has 0 aliphatic carbocycles. The lowest BCUT2D eigenvalue weighted by Crippen LogP contribution is -2.43. The molecule has 1 unspecified atom stereocenters. The van der Waals surface area contributed by atoms with Crippen LogP contribution in [0.4, 0.5) is 0 Å². The van der Waals surface area contributed by atoms with Crippen LogP contribution in [-0.4, -0.2) is 60.0 Å². The zero-order valence-corrected chi connectivity index (χ0v) is 15.6. The van der Waals surface area contributed by atoms with Gasteiger partial charge in [-0.05, 0) is 44.4 Å². The van der Waals surface area contributed by atoms with E-state index in [0.29, 0.717) is 12.1 Å². The maximum absolute atomic E-state index is 13.1. The standard InChI is InChI=1S/C18H24N2O4S/c1-11-8-12(2)16-15(9-11)13(3)17(19-16)18(22)20(5-6-21)14-4-7-25(23,24)10-14/h8-9,14,19,21H,4-7,10H2,1-3H3. The van der Waals surface area contributed by atoms with Crippen molar-refractivity contribution in [2.24, 2.45) is 0 Å². The van der Waals surface area contributed by atoms with E-state index in [1.165, 1.54) is 4.90 Å². The molecule has 136 valence electrons. The Morgan fingerprint density at radius 1 is 1.32 bits per heavy atom. The van der Waals surface area contributed by atoms with Crippen LogP contribution in [0, 0.1) is 20.8 Å². The minimum atomic E-state index is -3.11. The molecule has 2 heterocycles. The Morgan fingerprint density at radius 2 is 2.04 bits per heavy atom. The van der Waals surface area contributed by atoms with Crippen LogP contribution in [0.3, 0.4) is 0 Å². The molecule has 2 N–H and O–H groups in total. The molecule has 7 heteroatoms. The van der Waals surface area contributed by atoms with Gasteiger partial charge in [-0.15, -0.1) is 0 Å².